The number of aldehydes is 1. The molecule has 10 unspecified atom stereocenters. The SMILES string of the molecule is CC=C(CCO)C(=O)OC1(C)C(CO)C=C2CSSC3CC(C=O)C(NC)C4CN(C(=O)CC5=C(C=C(N)NC5)C2C12Cc1cc5cc(C6(C(CO)CCCO)CCCCC6)c(=O)oc5cc1O2)C34. The van der Waals surface area contributed by atoms with Gasteiger partial charge in [0.2, 0.25) is 5.91 Å². The third-order valence-electron chi connectivity index (χ3n) is 17.1. The minimum Gasteiger partial charge on any atom is -0.481 e. The largest absolute Gasteiger partial charge is 0.481 e. The van der Waals surface area contributed by atoms with Gasteiger partial charge in [0.25, 0.3) is 0 Å². The molecule has 17 heteroatoms. The topological polar surface area (TPSA) is 234 Å². The van der Waals surface area contributed by atoms with Gasteiger partial charge >= 0.3 is 11.6 Å². The van der Waals surface area contributed by atoms with E-state index in [4.69, 9.17) is 19.6 Å². The van der Waals surface area contributed by atoms with E-state index in [1.54, 1.807) is 47.6 Å². The van der Waals surface area contributed by atoms with Gasteiger partial charge in [-0.05, 0) is 93.8 Å². The highest BCUT2D eigenvalue weighted by Gasteiger charge is 2.67. The molecule has 4 aliphatic heterocycles. The molecule has 0 radical (unpaired) electrons. The van der Waals surface area contributed by atoms with Crippen LogP contribution in [0.1, 0.15) is 89.2 Å². The minimum atomic E-state index is -1.59. The van der Waals surface area contributed by atoms with Crippen molar-refractivity contribution in [3.8, 4) is 5.75 Å². The van der Waals surface area contributed by atoms with Crippen LogP contribution in [0.25, 0.3) is 11.0 Å². The predicted molar refractivity (Wildman–Crippen MR) is 265 cm³/mol. The van der Waals surface area contributed by atoms with E-state index >= 15 is 0 Å². The summed E-state index contributed by atoms with van der Waals surface area (Å²) in [6.45, 7) is 3.49. The zero-order chi connectivity index (χ0) is 48.8. The van der Waals surface area contributed by atoms with Gasteiger partial charge in [0.05, 0.1) is 30.8 Å². The minimum absolute atomic E-state index is 0.0123. The van der Waals surface area contributed by atoms with Crippen molar-refractivity contribution in [3.63, 3.8) is 0 Å². The number of esters is 1. The lowest BCUT2D eigenvalue weighted by molar-refractivity contribution is -0.202. The summed E-state index contributed by atoms with van der Waals surface area (Å²) in [7, 11) is 5.21. The van der Waals surface area contributed by atoms with Gasteiger partial charge in [-0.1, -0.05) is 58.6 Å². The van der Waals surface area contributed by atoms with Crippen LogP contribution < -0.4 is 26.7 Å². The van der Waals surface area contributed by atoms with Crippen molar-refractivity contribution in [2.75, 3.05) is 52.3 Å². The fourth-order valence-corrected chi connectivity index (χ4v) is 16.6. The average molecular weight is 989 g/mol. The zero-order valence-corrected chi connectivity index (χ0v) is 41.5. The normalized spacial score (nSPS) is 32.4. The smallest absolute Gasteiger partial charge is 0.340 e. The molecule has 3 fully saturated rings. The maximum Gasteiger partial charge on any atom is 0.340 e. The summed E-state index contributed by atoms with van der Waals surface area (Å²) >= 11 is 0. The van der Waals surface area contributed by atoms with Crippen LogP contribution in [0.5, 0.6) is 5.75 Å². The molecule has 1 spiro atoms. The molecule has 69 heavy (non-hydrogen) atoms. The van der Waals surface area contributed by atoms with Gasteiger partial charge in [-0.3, -0.25) is 4.79 Å². The van der Waals surface area contributed by atoms with Crippen molar-refractivity contribution in [1.29, 1.82) is 0 Å². The van der Waals surface area contributed by atoms with E-state index in [1.165, 1.54) is 0 Å². The number of amides is 1. The molecule has 1 aromatic heterocycles. The number of hydrogen-bond donors (Lipinski definition) is 7. The van der Waals surface area contributed by atoms with E-state index < -0.39 is 46.7 Å². The Kier molecular flexibility index (Phi) is 14.6. The van der Waals surface area contributed by atoms with Gasteiger partial charge < -0.3 is 60.4 Å². The van der Waals surface area contributed by atoms with Gasteiger partial charge in [0.15, 0.2) is 11.2 Å². The second-order valence-electron chi connectivity index (χ2n) is 20.5. The number of aliphatic hydroxyl groups excluding tert-OH is 4. The lowest BCUT2D eigenvalue weighted by Crippen LogP contribution is -2.71. The third kappa shape index (κ3) is 8.48. The van der Waals surface area contributed by atoms with Gasteiger partial charge in [0, 0.05) is 109 Å². The number of nitrogens with one attached hydrogen (secondary N) is 2. The van der Waals surface area contributed by atoms with Gasteiger partial charge in [0.1, 0.15) is 17.6 Å². The second-order valence-corrected chi connectivity index (χ2v) is 23.1. The van der Waals surface area contributed by atoms with Crippen LogP contribution in [0.4, 0.5) is 0 Å². The lowest BCUT2D eigenvalue weighted by Gasteiger charge is -2.59. The highest BCUT2D eigenvalue weighted by atomic mass is 33.1. The molecule has 7 aliphatic rings. The Morgan fingerprint density at radius 2 is 1.93 bits per heavy atom. The van der Waals surface area contributed by atoms with Gasteiger partial charge in [-0.25, -0.2) is 9.59 Å². The number of fused-ring (bicyclic) bond motifs is 5. The summed E-state index contributed by atoms with van der Waals surface area (Å²) in [4.78, 5) is 57.9. The average Bonchev–Trinajstić information content (AvgIpc) is 3.70. The first-order valence-electron chi connectivity index (χ1n) is 24.8. The van der Waals surface area contributed by atoms with Crippen molar-refractivity contribution in [1.82, 2.24) is 15.5 Å². The summed E-state index contributed by atoms with van der Waals surface area (Å²) in [6, 6.07) is 5.52. The number of nitrogens with two attached hydrogens (primary N) is 1. The molecular weight excluding hydrogens is 921 g/mol. The molecule has 5 heterocycles. The molecule has 1 amide bonds. The molecule has 10 atom stereocenters. The van der Waals surface area contributed by atoms with Crippen molar-refractivity contribution in [2.24, 2.45) is 35.3 Å². The van der Waals surface area contributed by atoms with Crippen molar-refractivity contribution < 1.29 is 48.7 Å². The highest BCUT2D eigenvalue weighted by molar-refractivity contribution is 8.77. The number of carbonyl (C=O) groups excluding carboxylic acids is 3. The molecule has 15 nitrogen and oxygen atoms in total. The zero-order valence-electron chi connectivity index (χ0n) is 39.9. The van der Waals surface area contributed by atoms with Crippen LogP contribution >= 0.6 is 21.6 Å². The summed E-state index contributed by atoms with van der Waals surface area (Å²) in [5, 5.41) is 49.4. The monoisotopic (exact) mass is 988 g/mol. The Balaban J connectivity index is 1.21. The number of carbonyl (C=O) groups is 3. The number of benzene rings is 1. The molecule has 8 N–H and O–H groups in total. The van der Waals surface area contributed by atoms with Crippen molar-refractivity contribution in [3.05, 3.63) is 86.1 Å². The first kappa shape index (κ1) is 49.9. The molecule has 1 saturated heterocycles. The summed E-state index contributed by atoms with van der Waals surface area (Å²) in [5.74, 6) is -1.23. The number of nitrogens with zero attached hydrogens (tertiary/aromatic N) is 1. The number of allylic oxidation sites excluding steroid dienone is 2. The maximum atomic E-state index is 14.7. The Hall–Kier alpha value is -4.10. The first-order chi connectivity index (χ1) is 33.3. The Morgan fingerprint density at radius 3 is 2.62 bits per heavy atom. The molecule has 1 aromatic carbocycles. The van der Waals surface area contributed by atoms with Crippen molar-refractivity contribution >= 4 is 50.7 Å². The fourth-order valence-electron chi connectivity index (χ4n) is 13.5. The maximum absolute atomic E-state index is 14.7. The second kappa shape index (κ2) is 20.2. The van der Waals surface area contributed by atoms with Gasteiger partial charge in [-0.15, -0.1) is 0 Å². The highest BCUT2D eigenvalue weighted by Crippen LogP contribution is 2.60. The Bertz CT molecular complexity index is 2520. The molecule has 2 saturated carbocycles. The van der Waals surface area contributed by atoms with E-state index in [2.05, 4.69) is 10.6 Å². The van der Waals surface area contributed by atoms with Crippen molar-refractivity contribution in [2.45, 2.75) is 118 Å². The van der Waals surface area contributed by atoms with E-state index in [0.29, 0.717) is 72.5 Å². The third-order valence-corrected chi connectivity index (χ3v) is 19.9. The van der Waals surface area contributed by atoms with Crippen LogP contribution in [-0.2, 0) is 31.0 Å². The quantitative estimate of drug-likeness (QED) is 0.0370. The number of hydrogen-bond acceptors (Lipinski definition) is 16. The summed E-state index contributed by atoms with van der Waals surface area (Å²) < 4.78 is 20.5. The Labute approximate surface area is 411 Å². The van der Waals surface area contributed by atoms with Crippen LogP contribution in [0.2, 0.25) is 0 Å². The number of ether oxygens (including phenoxy) is 2. The molecule has 3 aliphatic carbocycles. The van der Waals surface area contributed by atoms with E-state index in [0.717, 1.165) is 47.8 Å². The van der Waals surface area contributed by atoms with Crippen LogP contribution in [0.15, 0.2) is 73.8 Å². The van der Waals surface area contributed by atoms with Crippen LogP contribution in [0.3, 0.4) is 0 Å². The lowest BCUT2D eigenvalue weighted by atomic mass is 9.57. The van der Waals surface area contributed by atoms with Gasteiger partial charge in [-0.2, -0.15) is 0 Å². The van der Waals surface area contributed by atoms with E-state index in [-0.39, 0.29) is 92.2 Å². The Morgan fingerprint density at radius 1 is 1.13 bits per heavy atom. The summed E-state index contributed by atoms with van der Waals surface area (Å²) in [6.07, 6.45) is 12.7. The van der Waals surface area contributed by atoms with E-state index in [1.807, 2.05) is 36.2 Å². The fraction of sp³-hybridized carbons (Fsp3) is 0.615. The molecule has 0 bridgehead atoms. The molecular formula is C52H68N4O11S2. The standard InChI is InChI=1S/C52H68N4O11S2/c1-4-29(10-14-58)48(63)67-50(2)36(27-61)16-34-28-68-69-42-18-33(25-59)46(54-3)38-24-56(47(38)42)44(62)19-32-23-55-43(53)20-37(32)45(34)52(50)22-31-15-30-17-39(49(64)65-40(30)21-41(31)66-52)51(11-6-5-7-12-51)35(26-60)9-8-13-57/h4,15-17,20-21,25,33,35-36,38,42,45-47,54-55,57-58,60-61H,5-14,18-19,22-24,26-28,53H2,1-3H3. The predicted octanol–water partition coefficient (Wildman–Crippen LogP) is 4.33. The van der Waals surface area contributed by atoms with E-state index in [9.17, 15) is 39.6 Å². The van der Waals surface area contributed by atoms with Crippen LogP contribution in [-0.4, -0.2) is 124 Å². The number of dihydropyridines is 1. The number of rotatable bonds is 13. The molecule has 374 valence electrons. The van der Waals surface area contributed by atoms with Crippen LogP contribution in [0, 0.1) is 29.6 Å². The molecule has 9 rings (SSSR count). The first-order valence-corrected chi connectivity index (χ1v) is 27.2. The molecule has 2 aromatic rings. The summed E-state index contributed by atoms with van der Waals surface area (Å²) in [5.41, 5.74) is 6.77. The number of aliphatic hydroxyl groups is 4.